The van der Waals surface area contributed by atoms with E-state index < -0.39 is 5.09 Å². The van der Waals surface area contributed by atoms with Crippen LogP contribution in [0.5, 0.6) is 0 Å². The minimum atomic E-state index is -0.861. The molecule has 7 nitrogen and oxygen atoms in total. The van der Waals surface area contributed by atoms with E-state index in [2.05, 4.69) is 10.2 Å². The summed E-state index contributed by atoms with van der Waals surface area (Å²) in [7, 11) is 0. The van der Waals surface area contributed by atoms with E-state index in [1.807, 2.05) is 0 Å². The number of hydrogen-bond acceptors (Lipinski definition) is 6. The molecule has 1 fully saturated rings. The first-order valence-corrected chi connectivity index (χ1v) is 4.87. The van der Waals surface area contributed by atoms with E-state index in [9.17, 15) is 14.9 Å². The molecule has 1 rings (SSSR count). The molecule has 1 saturated heterocycles. The average molecular weight is 218 g/mol. The number of esters is 1. The largest absolute Gasteiger partial charge is 0.464 e. The minimum Gasteiger partial charge on any atom is -0.464 e. The molecule has 7 heteroatoms. The van der Waals surface area contributed by atoms with Gasteiger partial charge in [-0.05, 0) is 19.4 Å². The SMILES string of the molecule is O=C(OCCCO[N+](=O)[O-])C1CCCN1. The molecule has 0 saturated carbocycles. The lowest BCUT2D eigenvalue weighted by molar-refractivity contribution is -0.757. The van der Waals surface area contributed by atoms with Gasteiger partial charge in [-0.25, -0.2) is 0 Å². The molecule has 0 radical (unpaired) electrons. The van der Waals surface area contributed by atoms with Gasteiger partial charge in [0, 0.05) is 6.42 Å². The van der Waals surface area contributed by atoms with Gasteiger partial charge in [-0.15, -0.1) is 10.1 Å². The summed E-state index contributed by atoms with van der Waals surface area (Å²) in [6, 6.07) is -0.207. The van der Waals surface area contributed by atoms with Crippen molar-refractivity contribution in [2.45, 2.75) is 25.3 Å². The van der Waals surface area contributed by atoms with Crippen LogP contribution >= 0.6 is 0 Å². The second-order valence-electron chi connectivity index (χ2n) is 3.23. The summed E-state index contributed by atoms with van der Waals surface area (Å²) in [5, 5.41) is 11.9. The molecule has 1 unspecified atom stereocenters. The Bertz CT molecular complexity index is 227. The van der Waals surface area contributed by atoms with E-state index >= 15 is 0 Å². The van der Waals surface area contributed by atoms with E-state index in [1.165, 1.54) is 0 Å². The van der Waals surface area contributed by atoms with Gasteiger partial charge in [0.05, 0.1) is 13.2 Å². The summed E-state index contributed by atoms with van der Waals surface area (Å²) in [6.45, 7) is 0.952. The van der Waals surface area contributed by atoms with Crippen LogP contribution in [-0.2, 0) is 14.4 Å². The highest BCUT2D eigenvalue weighted by Crippen LogP contribution is 2.06. The third kappa shape index (κ3) is 4.59. The standard InChI is InChI=1S/C8H14N2O5/c11-8(7-3-1-4-9-7)14-5-2-6-15-10(12)13/h7,9H,1-6H2. The first-order valence-electron chi connectivity index (χ1n) is 4.87. The van der Waals surface area contributed by atoms with E-state index in [4.69, 9.17) is 4.74 Å². The quantitative estimate of drug-likeness (QED) is 0.289. The number of hydrogen-bond donors (Lipinski definition) is 1. The van der Waals surface area contributed by atoms with E-state index in [-0.39, 0.29) is 25.2 Å². The molecule has 0 amide bonds. The molecule has 1 N–H and O–H groups in total. The average Bonchev–Trinajstić information content (AvgIpc) is 2.69. The summed E-state index contributed by atoms with van der Waals surface area (Å²) in [5.74, 6) is -0.284. The summed E-state index contributed by atoms with van der Waals surface area (Å²) in [5.41, 5.74) is 0. The van der Waals surface area contributed by atoms with Crippen molar-refractivity contribution >= 4 is 5.97 Å². The second-order valence-corrected chi connectivity index (χ2v) is 3.23. The van der Waals surface area contributed by atoms with Crippen LogP contribution in [0.4, 0.5) is 0 Å². The highest BCUT2D eigenvalue weighted by atomic mass is 16.9. The summed E-state index contributed by atoms with van der Waals surface area (Å²) < 4.78 is 4.90. The molecule has 1 heterocycles. The van der Waals surface area contributed by atoms with E-state index in [0.29, 0.717) is 6.42 Å². The minimum absolute atomic E-state index is 0.0433. The molecule has 1 aliphatic rings. The van der Waals surface area contributed by atoms with Crippen molar-refractivity contribution < 1.29 is 19.5 Å². The first kappa shape index (κ1) is 11.7. The van der Waals surface area contributed by atoms with Crippen LogP contribution in [0.2, 0.25) is 0 Å². The van der Waals surface area contributed by atoms with Crippen LogP contribution in [0, 0.1) is 10.1 Å². The third-order valence-corrected chi connectivity index (χ3v) is 2.07. The van der Waals surface area contributed by atoms with Gasteiger partial charge in [0.15, 0.2) is 0 Å². The second kappa shape index (κ2) is 6.18. The van der Waals surface area contributed by atoms with Crippen molar-refractivity contribution in [3.8, 4) is 0 Å². The summed E-state index contributed by atoms with van der Waals surface area (Å²) in [6.07, 6.45) is 2.11. The Labute approximate surface area is 86.8 Å². The number of carbonyl (C=O) groups excluding carboxylic acids is 1. The van der Waals surface area contributed by atoms with Crippen molar-refractivity contribution in [2.75, 3.05) is 19.8 Å². The van der Waals surface area contributed by atoms with Gasteiger partial charge >= 0.3 is 5.97 Å². The number of nitrogens with one attached hydrogen (secondary N) is 1. The molecular weight excluding hydrogens is 204 g/mol. The smallest absolute Gasteiger partial charge is 0.323 e. The maximum Gasteiger partial charge on any atom is 0.323 e. The van der Waals surface area contributed by atoms with Crippen LogP contribution in [0.3, 0.4) is 0 Å². The fourth-order valence-corrected chi connectivity index (χ4v) is 1.36. The van der Waals surface area contributed by atoms with Crippen molar-refractivity contribution in [1.29, 1.82) is 0 Å². The van der Waals surface area contributed by atoms with Crippen LogP contribution in [0.15, 0.2) is 0 Å². The Hall–Kier alpha value is -1.37. The fraction of sp³-hybridized carbons (Fsp3) is 0.875. The van der Waals surface area contributed by atoms with Crippen LogP contribution in [0.25, 0.3) is 0 Å². The number of nitrogens with zero attached hydrogens (tertiary/aromatic N) is 1. The Morgan fingerprint density at radius 2 is 2.33 bits per heavy atom. The molecule has 86 valence electrons. The van der Waals surface area contributed by atoms with Gasteiger partial charge in [-0.1, -0.05) is 0 Å². The molecule has 1 aliphatic heterocycles. The zero-order valence-electron chi connectivity index (χ0n) is 8.31. The van der Waals surface area contributed by atoms with Crippen LogP contribution in [0.1, 0.15) is 19.3 Å². The lowest BCUT2D eigenvalue weighted by atomic mass is 10.2. The molecule has 15 heavy (non-hydrogen) atoms. The fourth-order valence-electron chi connectivity index (χ4n) is 1.36. The summed E-state index contributed by atoms with van der Waals surface area (Å²) in [4.78, 5) is 25.1. The Morgan fingerprint density at radius 1 is 1.53 bits per heavy atom. The number of carbonyl (C=O) groups is 1. The Balaban J connectivity index is 1.99. The Kier molecular flexibility index (Phi) is 4.82. The van der Waals surface area contributed by atoms with Gasteiger partial charge in [-0.3, -0.25) is 4.79 Å². The zero-order chi connectivity index (χ0) is 11.1. The maximum atomic E-state index is 11.3. The molecule has 0 bridgehead atoms. The monoisotopic (exact) mass is 218 g/mol. The van der Waals surface area contributed by atoms with Crippen molar-refractivity contribution in [2.24, 2.45) is 0 Å². The third-order valence-electron chi connectivity index (χ3n) is 2.07. The zero-order valence-corrected chi connectivity index (χ0v) is 8.31. The van der Waals surface area contributed by atoms with Gasteiger partial charge in [0.25, 0.3) is 5.09 Å². The topological polar surface area (TPSA) is 90.7 Å². The molecule has 0 aromatic carbocycles. The number of ether oxygens (including phenoxy) is 1. The molecule has 1 atom stereocenters. The lowest BCUT2D eigenvalue weighted by Crippen LogP contribution is -2.32. The normalized spacial score (nSPS) is 19.9. The predicted molar refractivity (Wildman–Crippen MR) is 49.5 cm³/mol. The van der Waals surface area contributed by atoms with Gasteiger partial charge in [-0.2, -0.15) is 0 Å². The van der Waals surface area contributed by atoms with Crippen molar-refractivity contribution in [3.05, 3.63) is 10.1 Å². The van der Waals surface area contributed by atoms with E-state index in [0.717, 1.165) is 19.4 Å². The highest BCUT2D eigenvalue weighted by Gasteiger charge is 2.22. The van der Waals surface area contributed by atoms with Crippen molar-refractivity contribution in [3.63, 3.8) is 0 Å². The molecular formula is C8H14N2O5. The highest BCUT2D eigenvalue weighted by molar-refractivity contribution is 5.76. The van der Waals surface area contributed by atoms with Crippen molar-refractivity contribution in [1.82, 2.24) is 5.32 Å². The first-order chi connectivity index (χ1) is 7.20. The Morgan fingerprint density at radius 3 is 2.93 bits per heavy atom. The molecule has 0 spiro atoms. The number of rotatable bonds is 6. The molecule has 0 aromatic rings. The van der Waals surface area contributed by atoms with Crippen LogP contribution < -0.4 is 5.32 Å². The summed E-state index contributed by atoms with van der Waals surface area (Å²) >= 11 is 0. The molecule has 0 aliphatic carbocycles. The van der Waals surface area contributed by atoms with Gasteiger partial charge in [0.1, 0.15) is 6.04 Å². The van der Waals surface area contributed by atoms with Gasteiger partial charge < -0.3 is 14.9 Å². The van der Waals surface area contributed by atoms with Crippen LogP contribution in [-0.4, -0.2) is 36.9 Å². The lowest BCUT2D eigenvalue weighted by Gasteiger charge is -2.09. The predicted octanol–water partition coefficient (Wildman–Crippen LogP) is -0.120. The maximum absolute atomic E-state index is 11.3. The molecule has 0 aromatic heterocycles. The van der Waals surface area contributed by atoms with Gasteiger partial charge in [0.2, 0.25) is 0 Å². The van der Waals surface area contributed by atoms with E-state index in [1.54, 1.807) is 0 Å².